The molecule has 1 saturated heterocycles. The molecular formula is C27H23Cl2FN2O5. The molecule has 2 aliphatic carbocycles. The lowest BCUT2D eigenvalue weighted by atomic mass is 10.0. The van der Waals surface area contributed by atoms with Gasteiger partial charge in [0.25, 0.3) is 0 Å². The van der Waals surface area contributed by atoms with Crippen LogP contribution in [0.4, 0.5) is 9.18 Å². The number of benzene rings is 2. The molecule has 0 spiro atoms. The highest BCUT2D eigenvalue weighted by molar-refractivity contribution is 6.39. The molecule has 3 aromatic rings. The quantitative estimate of drug-likeness (QED) is 0.326. The summed E-state index contributed by atoms with van der Waals surface area (Å²) < 4.78 is 31.8. The number of halogens is 3. The lowest BCUT2D eigenvalue weighted by molar-refractivity contribution is 0.00553. The number of hydrogen-bond donors (Lipinski definition) is 0. The van der Waals surface area contributed by atoms with Crippen LogP contribution in [-0.2, 0) is 21.7 Å². The molecule has 1 amide bonds. The van der Waals surface area contributed by atoms with Gasteiger partial charge in [0, 0.05) is 30.5 Å². The Labute approximate surface area is 222 Å². The standard InChI is InChI=1S/C27H23Cl2FN2O5/c28-18-7-4-8-19(29)21(18)23-22(24(37-31-23)27(30)9-10-27)25(33)36-20-12-17-11-16(20)13-32(17)26(34)35-14-15-5-2-1-3-6-15/h1-8,16-17,20H,9-14H2/t16-,17-,20+/m0/s1. The van der Waals surface area contributed by atoms with Crippen molar-refractivity contribution in [3.8, 4) is 11.3 Å². The summed E-state index contributed by atoms with van der Waals surface area (Å²) in [7, 11) is 0. The predicted molar refractivity (Wildman–Crippen MR) is 133 cm³/mol. The van der Waals surface area contributed by atoms with Gasteiger partial charge in [-0.25, -0.2) is 14.0 Å². The van der Waals surface area contributed by atoms with Crippen molar-refractivity contribution in [2.75, 3.05) is 6.54 Å². The van der Waals surface area contributed by atoms with Gasteiger partial charge < -0.3 is 18.9 Å². The van der Waals surface area contributed by atoms with E-state index in [1.165, 1.54) is 0 Å². The van der Waals surface area contributed by atoms with Gasteiger partial charge in [0.2, 0.25) is 0 Å². The number of aromatic nitrogens is 1. The first-order valence-electron chi connectivity index (χ1n) is 12.2. The Morgan fingerprint density at radius 2 is 1.81 bits per heavy atom. The average Bonchev–Trinajstić information content (AvgIpc) is 3.23. The first-order valence-corrected chi connectivity index (χ1v) is 12.9. The fraction of sp³-hybridized carbons (Fsp3) is 0.370. The number of hydrogen-bond acceptors (Lipinski definition) is 6. The Bertz CT molecular complexity index is 1340. The molecule has 2 heterocycles. The van der Waals surface area contributed by atoms with E-state index < -0.39 is 17.7 Å². The Morgan fingerprint density at radius 3 is 2.46 bits per heavy atom. The maximum absolute atomic E-state index is 15.1. The van der Waals surface area contributed by atoms with Crippen LogP contribution in [0.3, 0.4) is 0 Å². The molecule has 2 saturated carbocycles. The summed E-state index contributed by atoms with van der Waals surface area (Å²) in [6, 6.07) is 14.2. The van der Waals surface area contributed by atoms with E-state index >= 15 is 4.39 Å². The second-order valence-corrected chi connectivity index (χ2v) is 10.6. The van der Waals surface area contributed by atoms with Crippen molar-refractivity contribution in [2.45, 2.75) is 50.1 Å². The van der Waals surface area contributed by atoms with E-state index in [2.05, 4.69) is 5.16 Å². The summed E-state index contributed by atoms with van der Waals surface area (Å²) in [6.45, 7) is 0.615. The Kier molecular flexibility index (Phi) is 6.12. The first-order chi connectivity index (χ1) is 17.8. The molecule has 1 aromatic heterocycles. The average molecular weight is 545 g/mol. The second kappa shape index (κ2) is 9.33. The van der Waals surface area contributed by atoms with E-state index in [1.54, 1.807) is 23.1 Å². The molecule has 3 fully saturated rings. The summed E-state index contributed by atoms with van der Waals surface area (Å²) in [5.74, 6) is -0.936. The van der Waals surface area contributed by atoms with Gasteiger partial charge in [0.05, 0.1) is 10.0 Å². The van der Waals surface area contributed by atoms with Gasteiger partial charge in [-0.15, -0.1) is 0 Å². The van der Waals surface area contributed by atoms with Crippen LogP contribution in [0, 0.1) is 5.92 Å². The van der Waals surface area contributed by atoms with Crippen molar-refractivity contribution >= 4 is 35.3 Å². The molecular weight excluding hydrogens is 522 g/mol. The molecule has 192 valence electrons. The lowest BCUT2D eigenvalue weighted by Gasteiger charge is -2.30. The minimum Gasteiger partial charge on any atom is -0.458 e. The van der Waals surface area contributed by atoms with Crippen LogP contribution in [0.1, 0.15) is 47.4 Å². The fourth-order valence-electron chi connectivity index (χ4n) is 5.29. The molecule has 10 heteroatoms. The number of rotatable bonds is 6. The number of carbonyl (C=O) groups excluding carboxylic acids is 2. The van der Waals surface area contributed by atoms with Crippen LogP contribution in [-0.4, -0.2) is 40.8 Å². The Hall–Kier alpha value is -3.10. The molecule has 7 nitrogen and oxygen atoms in total. The van der Waals surface area contributed by atoms with Crippen LogP contribution in [0.25, 0.3) is 11.3 Å². The van der Waals surface area contributed by atoms with Crippen LogP contribution in [0.5, 0.6) is 0 Å². The molecule has 3 atom stereocenters. The summed E-state index contributed by atoms with van der Waals surface area (Å²) in [5, 5.41) is 4.50. The number of amides is 1. The van der Waals surface area contributed by atoms with E-state index in [1.807, 2.05) is 30.3 Å². The number of ether oxygens (including phenoxy) is 2. The van der Waals surface area contributed by atoms with Crippen molar-refractivity contribution in [3.63, 3.8) is 0 Å². The third kappa shape index (κ3) is 4.46. The molecule has 0 radical (unpaired) electrons. The third-order valence-electron chi connectivity index (χ3n) is 7.37. The van der Waals surface area contributed by atoms with Gasteiger partial charge >= 0.3 is 12.1 Å². The molecule has 3 aliphatic rings. The van der Waals surface area contributed by atoms with E-state index in [-0.39, 0.29) is 70.1 Å². The van der Waals surface area contributed by atoms with Crippen molar-refractivity contribution < 1.29 is 28.0 Å². The summed E-state index contributed by atoms with van der Waals surface area (Å²) in [4.78, 5) is 27.8. The highest BCUT2D eigenvalue weighted by Gasteiger charge is 2.54. The van der Waals surface area contributed by atoms with E-state index in [0.29, 0.717) is 19.4 Å². The number of esters is 1. The molecule has 2 bridgehead atoms. The minimum absolute atomic E-state index is 0.0471. The maximum atomic E-state index is 15.1. The zero-order chi connectivity index (χ0) is 25.7. The zero-order valence-corrected chi connectivity index (χ0v) is 21.2. The van der Waals surface area contributed by atoms with Gasteiger partial charge in [-0.3, -0.25) is 0 Å². The predicted octanol–water partition coefficient (Wildman–Crippen LogP) is 6.56. The molecule has 0 N–H and O–H groups in total. The van der Waals surface area contributed by atoms with Gasteiger partial charge in [0.15, 0.2) is 11.4 Å². The number of carbonyl (C=O) groups is 2. The van der Waals surface area contributed by atoms with Crippen LogP contribution < -0.4 is 0 Å². The normalized spacial score (nSPS) is 23.2. The van der Waals surface area contributed by atoms with Crippen molar-refractivity contribution in [1.82, 2.24) is 10.1 Å². The molecule has 6 rings (SSSR count). The number of alkyl halides is 1. The summed E-state index contributed by atoms with van der Waals surface area (Å²) >= 11 is 12.7. The highest BCUT2D eigenvalue weighted by Crippen LogP contribution is 2.53. The highest BCUT2D eigenvalue weighted by atomic mass is 35.5. The molecule has 2 aromatic carbocycles. The second-order valence-electron chi connectivity index (χ2n) is 9.82. The minimum atomic E-state index is -1.76. The number of fused-ring (bicyclic) bond motifs is 2. The largest absolute Gasteiger partial charge is 0.458 e. The summed E-state index contributed by atoms with van der Waals surface area (Å²) in [5.41, 5.74) is -0.586. The van der Waals surface area contributed by atoms with E-state index in [9.17, 15) is 9.59 Å². The Morgan fingerprint density at radius 1 is 1.08 bits per heavy atom. The van der Waals surface area contributed by atoms with Crippen LogP contribution in [0.15, 0.2) is 53.1 Å². The van der Waals surface area contributed by atoms with Gasteiger partial charge in [0.1, 0.15) is 24.0 Å². The van der Waals surface area contributed by atoms with Crippen molar-refractivity contribution in [2.24, 2.45) is 5.92 Å². The first kappa shape index (κ1) is 24.2. The molecule has 0 unspecified atom stereocenters. The van der Waals surface area contributed by atoms with Gasteiger partial charge in [-0.2, -0.15) is 0 Å². The van der Waals surface area contributed by atoms with E-state index in [4.69, 9.17) is 37.2 Å². The smallest absolute Gasteiger partial charge is 0.410 e. The van der Waals surface area contributed by atoms with Crippen molar-refractivity contribution in [1.29, 1.82) is 0 Å². The molecule has 37 heavy (non-hydrogen) atoms. The molecule has 1 aliphatic heterocycles. The van der Waals surface area contributed by atoms with Crippen LogP contribution in [0.2, 0.25) is 10.0 Å². The number of likely N-dealkylation sites (tertiary alicyclic amines) is 1. The van der Waals surface area contributed by atoms with Crippen LogP contribution >= 0.6 is 23.2 Å². The Balaban J connectivity index is 1.17. The number of piperidine rings is 1. The van der Waals surface area contributed by atoms with Crippen molar-refractivity contribution in [3.05, 3.63) is 75.5 Å². The van der Waals surface area contributed by atoms with Gasteiger partial charge in [-0.05, 0) is 37.0 Å². The summed E-state index contributed by atoms with van der Waals surface area (Å²) in [6.07, 6.45) is 0.818. The monoisotopic (exact) mass is 544 g/mol. The van der Waals surface area contributed by atoms with Gasteiger partial charge in [-0.1, -0.05) is 64.8 Å². The van der Waals surface area contributed by atoms with E-state index in [0.717, 1.165) is 5.56 Å². The topological polar surface area (TPSA) is 81.9 Å². The zero-order valence-electron chi connectivity index (χ0n) is 19.7. The maximum Gasteiger partial charge on any atom is 0.410 e. The SMILES string of the molecule is O=C(O[C@@H]1C[C@@H]2C[C@H]1CN2C(=O)OCc1ccccc1)c1c(-c2c(Cl)cccc2Cl)noc1C1(F)CC1. The third-order valence-corrected chi connectivity index (χ3v) is 8.00. The fourth-order valence-corrected chi connectivity index (χ4v) is 5.87. The number of nitrogens with zero attached hydrogens (tertiary/aromatic N) is 2. The lowest BCUT2D eigenvalue weighted by Crippen LogP contribution is -2.43.